The molecule has 0 aliphatic carbocycles. The van der Waals surface area contributed by atoms with Gasteiger partial charge in [0.2, 0.25) is 5.95 Å². The molecule has 0 radical (unpaired) electrons. The number of benzene rings is 1. The Bertz CT molecular complexity index is 789. The van der Waals surface area contributed by atoms with Crippen LogP contribution in [0, 0.1) is 0 Å². The third-order valence-corrected chi connectivity index (χ3v) is 4.58. The van der Waals surface area contributed by atoms with E-state index in [1.165, 1.54) is 0 Å². The molecular weight excluding hydrogens is 358 g/mol. The lowest BCUT2D eigenvalue weighted by Gasteiger charge is -2.33. The summed E-state index contributed by atoms with van der Waals surface area (Å²) >= 11 is 0. The van der Waals surface area contributed by atoms with Crippen molar-refractivity contribution in [2.75, 3.05) is 44.7 Å². The SMILES string of the molecule is CCOC(=O)N1CCN(c2ncc(C(=O)N(C)Cc3ccccc3)cn2)CC1. The van der Waals surface area contributed by atoms with E-state index in [1.54, 1.807) is 36.2 Å². The standard InChI is InChI=1S/C20H25N5O3/c1-3-28-20(27)25-11-9-24(10-12-25)19-21-13-17(14-22-19)18(26)23(2)15-16-7-5-4-6-8-16/h4-8,13-14H,3,9-12,15H2,1-2H3. The highest BCUT2D eigenvalue weighted by molar-refractivity contribution is 5.93. The molecule has 0 spiro atoms. The van der Waals surface area contributed by atoms with Gasteiger partial charge in [-0.05, 0) is 12.5 Å². The zero-order valence-corrected chi connectivity index (χ0v) is 16.2. The topological polar surface area (TPSA) is 78.9 Å². The first-order valence-electron chi connectivity index (χ1n) is 9.36. The van der Waals surface area contributed by atoms with Crippen molar-refractivity contribution in [2.24, 2.45) is 0 Å². The van der Waals surface area contributed by atoms with E-state index >= 15 is 0 Å². The number of piperazine rings is 1. The van der Waals surface area contributed by atoms with Gasteiger partial charge in [0.1, 0.15) is 0 Å². The van der Waals surface area contributed by atoms with Crippen molar-refractivity contribution in [3.05, 3.63) is 53.9 Å². The maximum atomic E-state index is 12.6. The number of nitrogens with zero attached hydrogens (tertiary/aromatic N) is 5. The molecule has 28 heavy (non-hydrogen) atoms. The van der Waals surface area contributed by atoms with Crippen molar-refractivity contribution < 1.29 is 14.3 Å². The molecule has 1 aromatic heterocycles. The van der Waals surface area contributed by atoms with Crippen LogP contribution >= 0.6 is 0 Å². The highest BCUT2D eigenvalue weighted by Gasteiger charge is 2.23. The fourth-order valence-corrected chi connectivity index (χ4v) is 3.05. The number of hydrogen-bond acceptors (Lipinski definition) is 6. The highest BCUT2D eigenvalue weighted by Crippen LogP contribution is 2.13. The predicted octanol–water partition coefficient (Wildman–Crippen LogP) is 2.03. The Balaban J connectivity index is 1.56. The van der Waals surface area contributed by atoms with Crippen LogP contribution in [-0.4, -0.2) is 71.6 Å². The van der Waals surface area contributed by atoms with Crippen molar-refractivity contribution in [2.45, 2.75) is 13.5 Å². The summed E-state index contributed by atoms with van der Waals surface area (Å²) in [5.41, 5.74) is 1.52. The first kappa shape index (κ1) is 19.6. The summed E-state index contributed by atoms with van der Waals surface area (Å²) in [6, 6.07) is 9.82. The van der Waals surface area contributed by atoms with Crippen LogP contribution in [0.4, 0.5) is 10.7 Å². The molecule has 0 saturated carbocycles. The van der Waals surface area contributed by atoms with Gasteiger partial charge < -0.3 is 19.4 Å². The van der Waals surface area contributed by atoms with E-state index in [1.807, 2.05) is 35.2 Å². The lowest BCUT2D eigenvalue weighted by molar-refractivity contribution is 0.0784. The quantitative estimate of drug-likeness (QED) is 0.786. The summed E-state index contributed by atoms with van der Waals surface area (Å²) in [6.45, 7) is 5.06. The monoisotopic (exact) mass is 383 g/mol. The molecule has 8 heteroatoms. The van der Waals surface area contributed by atoms with E-state index in [-0.39, 0.29) is 12.0 Å². The van der Waals surface area contributed by atoms with Crippen LogP contribution in [0.5, 0.6) is 0 Å². The first-order chi connectivity index (χ1) is 13.6. The van der Waals surface area contributed by atoms with Crippen LogP contribution < -0.4 is 4.90 Å². The van der Waals surface area contributed by atoms with Crippen LogP contribution in [0.2, 0.25) is 0 Å². The second kappa shape index (κ2) is 9.16. The molecular formula is C20H25N5O3. The molecule has 1 fully saturated rings. The minimum atomic E-state index is -0.287. The second-order valence-electron chi connectivity index (χ2n) is 6.59. The van der Waals surface area contributed by atoms with Gasteiger partial charge in [-0.1, -0.05) is 30.3 Å². The van der Waals surface area contributed by atoms with Gasteiger partial charge in [0.05, 0.1) is 12.2 Å². The van der Waals surface area contributed by atoms with E-state index in [2.05, 4.69) is 9.97 Å². The Labute approximate surface area is 164 Å². The minimum absolute atomic E-state index is 0.123. The van der Waals surface area contributed by atoms with Crippen molar-refractivity contribution >= 4 is 17.9 Å². The van der Waals surface area contributed by atoms with Gasteiger partial charge in [-0.25, -0.2) is 14.8 Å². The smallest absolute Gasteiger partial charge is 0.409 e. The fourth-order valence-electron chi connectivity index (χ4n) is 3.05. The number of ether oxygens (including phenoxy) is 1. The molecule has 2 aromatic rings. The summed E-state index contributed by atoms with van der Waals surface area (Å²) in [6.07, 6.45) is 2.83. The molecule has 0 atom stereocenters. The number of carbonyl (C=O) groups is 2. The fraction of sp³-hybridized carbons (Fsp3) is 0.400. The average Bonchev–Trinajstić information content (AvgIpc) is 2.74. The van der Waals surface area contributed by atoms with Gasteiger partial charge in [-0.15, -0.1) is 0 Å². The molecule has 0 bridgehead atoms. The Morgan fingerprint density at radius 1 is 1.07 bits per heavy atom. The first-order valence-corrected chi connectivity index (χ1v) is 9.36. The normalized spacial score (nSPS) is 13.9. The maximum Gasteiger partial charge on any atom is 0.409 e. The van der Waals surface area contributed by atoms with Crippen LogP contribution in [0.25, 0.3) is 0 Å². The largest absolute Gasteiger partial charge is 0.450 e. The average molecular weight is 383 g/mol. The highest BCUT2D eigenvalue weighted by atomic mass is 16.6. The summed E-state index contributed by atoms with van der Waals surface area (Å²) < 4.78 is 5.02. The van der Waals surface area contributed by atoms with Crippen LogP contribution in [-0.2, 0) is 11.3 Å². The van der Waals surface area contributed by atoms with Crippen molar-refractivity contribution in [1.82, 2.24) is 19.8 Å². The maximum absolute atomic E-state index is 12.6. The van der Waals surface area contributed by atoms with Gasteiger partial charge in [0.25, 0.3) is 5.91 Å². The molecule has 1 aromatic carbocycles. The second-order valence-corrected chi connectivity index (χ2v) is 6.59. The third kappa shape index (κ3) is 4.76. The summed E-state index contributed by atoms with van der Waals surface area (Å²) in [5.74, 6) is 0.438. The summed E-state index contributed by atoms with van der Waals surface area (Å²) in [4.78, 5) is 38.4. The number of aromatic nitrogens is 2. The summed E-state index contributed by atoms with van der Waals surface area (Å²) in [7, 11) is 1.76. The Kier molecular flexibility index (Phi) is 6.41. The minimum Gasteiger partial charge on any atom is -0.450 e. The zero-order valence-electron chi connectivity index (χ0n) is 16.2. The van der Waals surface area contributed by atoms with E-state index in [4.69, 9.17) is 4.74 Å². The van der Waals surface area contributed by atoms with Crippen molar-refractivity contribution in [3.8, 4) is 0 Å². The van der Waals surface area contributed by atoms with Gasteiger partial charge >= 0.3 is 6.09 Å². The number of amides is 2. The zero-order chi connectivity index (χ0) is 19.9. The molecule has 148 valence electrons. The van der Waals surface area contributed by atoms with Crippen molar-refractivity contribution in [3.63, 3.8) is 0 Å². The molecule has 0 unspecified atom stereocenters. The van der Waals surface area contributed by atoms with Crippen LogP contribution in [0.1, 0.15) is 22.8 Å². The number of carbonyl (C=O) groups excluding carboxylic acids is 2. The van der Waals surface area contributed by atoms with Crippen molar-refractivity contribution in [1.29, 1.82) is 0 Å². The lowest BCUT2D eigenvalue weighted by atomic mass is 10.2. The molecule has 1 aliphatic heterocycles. The van der Waals surface area contributed by atoms with Gasteiger partial charge in [0.15, 0.2) is 0 Å². The molecule has 1 saturated heterocycles. The Morgan fingerprint density at radius 2 is 1.71 bits per heavy atom. The third-order valence-electron chi connectivity index (χ3n) is 4.58. The number of hydrogen-bond donors (Lipinski definition) is 0. The van der Waals surface area contributed by atoms with E-state index < -0.39 is 0 Å². The van der Waals surface area contributed by atoms with E-state index in [0.717, 1.165) is 5.56 Å². The summed E-state index contributed by atoms with van der Waals surface area (Å²) in [5, 5.41) is 0. The lowest BCUT2D eigenvalue weighted by Crippen LogP contribution is -2.49. The molecule has 2 heterocycles. The molecule has 8 nitrogen and oxygen atoms in total. The number of anilines is 1. The Hall–Kier alpha value is -3.16. The van der Waals surface area contributed by atoms with Crippen LogP contribution in [0.3, 0.4) is 0 Å². The number of rotatable bonds is 5. The molecule has 2 amide bonds. The van der Waals surface area contributed by atoms with Gasteiger partial charge in [-0.2, -0.15) is 0 Å². The molecule has 3 rings (SSSR count). The van der Waals surface area contributed by atoms with Crippen LogP contribution in [0.15, 0.2) is 42.7 Å². The Morgan fingerprint density at radius 3 is 2.32 bits per heavy atom. The van der Waals surface area contributed by atoms with Gasteiger partial charge in [0, 0.05) is 52.2 Å². The molecule has 1 aliphatic rings. The van der Waals surface area contributed by atoms with E-state index in [0.29, 0.717) is 50.8 Å². The molecule has 0 N–H and O–H groups in total. The van der Waals surface area contributed by atoms with E-state index in [9.17, 15) is 9.59 Å². The predicted molar refractivity (Wildman–Crippen MR) is 105 cm³/mol. The van der Waals surface area contributed by atoms with Gasteiger partial charge in [-0.3, -0.25) is 4.79 Å².